The molecule has 0 bridgehead atoms. The molecule has 2 atom stereocenters. The lowest BCUT2D eigenvalue weighted by Gasteiger charge is -2.12. The van der Waals surface area contributed by atoms with E-state index in [1.165, 1.54) is 12.5 Å². The number of hydrogen-bond donors (Lipinski definition) is 2. The van der Waals surface area contributed by atoms with Crippen LogP contribution in [0, 0.1) is 0 Å². The van der Waals surface area contributed by atoms with Crippen molar-refractivity contribution in [1.82, 2.24) is 5.32 Å². The third-order valence-electron chi connectivity index (χ3n) is 2.12. The lowest BCUT2D eigenvalue weighted by atomic mass is 10.3. The quantitative estimate of drug-likeness (QED) is 0.422. The van der Waals surface area contributed by atoms with Crippen LogP contribution in [0.2, 0.25) is 12.6 Å². The van der Waals surface area contributed by atoms with Crippen molar-refractivity contribution in [3.8, 4) is 0 Å². The maximum Gasteiger partial charge on any atom is 0.174 e. The summed E-state index contributed by atoms with van der Waals surface area (Å²) in [7, 11) is 0.750. The molecule has 0 aliphatic heterocycles. The number of nitrogens with one attached hydrogen (secondary N) is 1. The summed E-state index contributed by atoms with van der Waals surface area (Å²) in [5, 5.41) is 3.32. The van der Waals surface area contributed by atoms with Gasteiger partial charge in [0.15, 0.2) is 9.04 Å². The summed E-state index contributed by atoms with van der Waals surface area (Å²) >= 11 is 0. The molecule has 0 saturated carbocycles. The van der Waals surface area contributed by atoms with E-state index in [1.807, 2.05) is 6.92 Å². The molecule has 0 fully saturated rings. The summed E-state index contributed by atoms with van der Waals surface area (Å²) in [5.41, 5.74) is 5.62. The second kappa shape index (κ2) is 10.6. The van der Waals surface area contributed by atoms with Gasteiger partial charge in [-0.2, -0.15) is 0 Å². The standard InChI is InChI=1S/C10H26N2O2Si/c1-10(11)9-12-5-4-8-15(3)14-7-6-13-2/h10,12,15H,4-9,11H2,1-3H3. The number of methoxy groups -OCH3 is 1. The highest BCUT2D eigenvalue weighted by Crippen LogP contribution is 1.98. The molecule has 0 heterocycles. The molecule has 0 aromatic heterocycles. The van der Waals surface area contributed by atoms with Gasteiger partial charge in [0.25, 0.3) is 0 Å². The van der Waals surface area contributed by atoms with Gasteiger partial charge in [-0.25, -0.2) is 0 Å². The minimum Gasteiger partial charge on any atom is -0.418 e. The molecule has 0 aliphatic rings. The smallest absolute Gasteiger partial charge is 0.174 e. The number of rotatable bonds is 10. The van der Waals surface area contributed by atoms with Crippen molar-refractivity contribution in [2.24, 2.45) is 5.73 Å². The van der Waals surface area contributed by atoms with E-state index in [2.05, 4.69) is 11.9 Å². The largest absolute Gasteiger partial charge is 0.418 e. The van der Waals surface area contributed by atoms with Gasteiger partial charge in [-0.3, -0.25) is 0 Å². The van der Waals surface area contributed by atoms with E-state index in [1.54, 1.807) is 7.11 Å². The van der Waals surface area contributed by atoms with Gasteiger partial charge in [-0.15, -0.1) is 0 Å². The zero-order valence-electron chi connectivity index (χ0n) is 10.3. The Hall–Kier alpha value is 0.0569. The summed E-state index contributed by atoms with van der Waals surface area (Å²) < 4.78 is 10.6. The van der Waals surface area contributed by atoms with Gasteiger partial charge in [0.1, 0.15) is 0 Å². The molecular formula is C10H26N2O2Si. The Kier molecular flexibility index (Phi) is 10.6. The first kappa shape index (κ1) is 15.1. The minimum absolute atomic E-state index is 0.248. The monoisotopic (exact) mass is 234 g/mol. The van der Waals surface area contributed by atoms with Crippen LogP contribution in [0.15, 0.2) is 0 Å². The van der Waals surface area contributed by atoms with Gasteiger partial charge < -0.3 is 20.2 Å². The molecule has 0 aromatic rings. The molecule has 92 valence electrons. The van der Waals surface area contributed by atoms with Crippen molar-refractivity contribution >= 4 is 9.04 Å². The van der Waals surface area contributed by atoms with Crippen LogP contribution in [0.25, 0.3) is 0 Å². The lowest BCUT2D eigenvalue weighted by molar-refractivity contribution is 0.146. The van der Waals surface area contributed by atoms with Crippen LogP contribution < -0.4 is 11.1 Å². The van der Waals surface area contributed by atoms with E-state index in [4.69, 9.17) is 14.9 Å². The molecule has 0 aromatic carbocycles. The van der Waals surface area contributed by atoms with Gasteiger partial charge in [0.2, 0.25) is 0 Å². The van der Waals surface area contributed by atoms with E-state index in [0.717, 1.165) is 19.7 Å². The molecule has 2 unspecified atom stereocenters. The Labute approximate surface area is 95.2 Å². The fraction of sp³-hybridized carbons (Fsp3) is 1.00. The van der Waals surface area contributed by atoms with Crippen LogP contribution >= 0.6 is 0 Å². The van der Waals surface area contributed by atoms with Crippen molar-refractivity contribution < 1.29 is 9.16 Å². The summed E-state index contributed by atoms with van der Waals surface area (Å²) in [5.74, 6) is 0. The first-order valence-electron chi connectivity index (χ1n) is 5.73. The Balaban J connectivity index is 3.13. The number of hydrogen-bond acceptors (Lipinski definition) is 4. The highest BCUT2D eigenvalue weighted by molar-refractivity contribution is 6.50. The summed E-state index contributed by atoms with van der Waals surface area (Å²) in [6, 6.07) is 1.47. The molecule has 5 heteroatoms. The highest BCUT2D eigenvalue weighted by atomic mass is 28.3. The SMILES string of the molecule is COCCO[SiH](C)CCCNCC(C)N. The maximum atomic E-state index is 5.67. The molecular weight excluding hydrogens is 208 g/mol. The van der Waals surface area contributed by atoms with E-state index in [9.17, 15) is 0 Å². The van der Waals surface area contributed by atoms with Crippen LogP contribution in [0.5, 0.6) is 0 Å². The number of ether oxygens (including phenoxy) is 1. The summed E-state index contributed by atoms with van der Waals surface area (Å²) in [6.07, 6.45) is 1.19. The van der Waals surface area contributed by atoms with Gasteiger partial charge >= 0.3 is 0 Å². The van der Waals surface area contributed by atoms with Crippen LogP contribution in [0.3, 0.4) is 0 Å². The van der Waals surface area contributed by atoms with Gasteiger partial charge in [-0.05, 0) is 32.5 Å². The van der Waals surface area contributed by atoms with Crippen molar-refractivity contribution in [2.75, 3.05) is 33.4 Å². The molecule has 0 spiro atoms. The first-order chi connectivity index (χ1) is 7.16. The third-order valence-corrected chi connectivity index (χ3v) is 4.15. The fourth-order valence-corrected chi connectivity index (χ4v) is 2.70. The average molecular weight is 234 g/mol. The van der Waals surface area contributed by atoms with Gasteiger partial charge in [-0.1, -0.05) is 0 Å². The molecule has 0 saturated heterocycles. The highest BCUT2D eigenvalue weighted by Gasteiger charge is 2.03. The van der Waals surface area contributed by atoms with Crippen molar-refractivity contribution in [1.29, 1.82) is 0 Å². The van der Waals surface area contributed by atoms with Crippen LogP contribution in [-0.2, 0) is 9.16 Å². The Morgan fingerprint density at radius 3 is 2.73 bits per heavy atom. The molecule has 0 amide bonds. The van der Waals surface area contributed by atoms with Crippen molar-refractivity contribution in [3.05, 3.63) is 0 Å². The fourth-order valence-electron chi connectivity index (χ4n) is 1.26. The van der Waals surface area contributed by atoms with Gasteiger partial charge in [0, 0.05) is 19.7 Å². The molecule has 3 N–H and O–H groups in total. The predicted octanol–water partition coefficient (Wildman–Crippen LogP) is 0.330. The summed E-state index contributed by atoms with van der Waals surface area (Å²) in [4.78, 5) is 0. The topological polar surface area (TPSA) is 56.5 Å². The Bertz CT molecular complexity index is 137. The van der Waals surface area contributed by atoms with Crippen LogP contribution in [-0.4, -0.2) is 48.5 Å². The van der Waals surface area contributed by atoms with E-state index < -0.39 is 9.04 Å². The lowest BCUT2D eigenvalue weighted by Crippen LogP contribution is -2.32. The van der Waals surface area contributed by atoms with E-state index in [0.29, 0.717) is 6.61 Å². The predicted molar refractivity (Wildman–Crippen MR) is 66.8 cm³/mol. The van der Waals surface area contributed by atoms with E-state index in [-0.39, 0.29) is 6.04 Å². The van der Waals surface area contributed by atoms with Gasteiger partial charge in [0.05, 0.1) is 13.2 Å². The van der Waals surface area contributed by atoms with Crippen molar-refractivity contribution in [3.63, 3.8) is 0 Å². The summed E-state index contributed by atoms with van der Waals surface area (Å²) in [6.45, 7) is 7.66. The molecule has 15 heavy (non-hydrogen) atoms. The maximum absolute atomic E-state index is 5.67. The first-order valence-corrected chi connectivity index (χ1v) is 8.18. The molecule has 0 rings (SSSR count). The Morgan fingerprint density at radius 2 is 2.13 bits per heavy atom. The molecule has 0 aliphatic carbocycles. The minimum atomic E-state index is -0.952. The normalized spacial score (nSPS) is 15.2. The second-order valence-electron chi connectivity index (χ2n) is 4.00. The second-order valence-corrected chi connectivity index (χ2v) is 6.53. The van der Waals surface area contributed by atoms with Crippen molar-refractivity contribution in [2.45, 2.75) is 32.0 Å². The zero-order chi connectivity index (χ0) is 11.5. The zero-order valence-corrected chi connectivity index (χ0v) is 11.4. The average Bonchev–Trinajstić information content (AvgIpc) is 2.17. The third kappa shape index (κ3) is 12.0. The van der Waals surface area contributed by atoms with Crippen LogP contribution in [0.1, 0.15) is 13.3 Å². The molecule has 0 radical (unpaired) electrons. The number of nitrogens with two attached hydrogens (primary N) is 1. The van der Waals surface area contributed by atoms with Crippen LogP contribution in [0.4, 0.5) is 0 Å². The molecule has 4 nitrogen and oxygen atoms in total. The van der Waals surface area contributed by atoms with E-state index >= 15 is 0 Å². The Morgan fingerprint density at radius 1 is 1.40 bits per heavy atom.